The molecule has 2 saturated heterocycles. The molecule has 0 bridgehead atoms. The number of hydrogen-bond donors (Lipinski definition) is 3. The predicted octanol–water partition coefficient (Wildman–Crippen LogP) is 3.69. The van der Waals surface area contributed by atoms with Gasteiger partial charge in [0, 0.05) is 74.8 Å². The molecule has 1 saturated carbocycles. The molecule has 3 aliphatic rings. The van der Waals surface area contributed by atoms with Crippen molar-refractivity contribution in [1.29, 1.82) is 0 Å². The van der Waals surface area contributed by atoms with E-state index < -0.39 is 0 Å². The molecule has 0 spiro atoms. The van der Waals surface area contributed by atoms with E-state index in [9.17, 15) is 4.79 Å². The third kappa shape index (κ3) is 6.31. The van der Waals surface area contributed by atoms with E-state index in [1.165, 1.54) is 50.8 Å². The monoisotopic (exact) mass is 583 g/mol. The first-order chi connectivity index (χ1) is 20.9. The van der Waals surface area contributed by atoms with Crippen LogP contribution in [0, 0.1) is 0 Å². The standard InChI is InChI=1S/C33H45N9O/c1-4-26-33(38-28-8-6-7-27(28)36-29(43)5-2)39-30-25(21-35-32(34)31(30)37-26)22-9-11-23(12-10-22)41-15-13-24(14-16-41)42-19-17-40(3)18-20-42/h5,9-12,21,24,27-28H,2,4,6-8,13-20H2,1,3H3,(H2,34,35)(H,36,43)(H,38,39). The predicted molar refractivity (Wildman–Crippen MR) is 174 cm³/mol. The van der Waals surface area contributed by atoms with Gasteiger partial charge in [-0.3, -0.25) is 9.69 Å². The number of rotatable bonds is 8. The number of amides is 1. The van der Waals surface area contributed by atoms with Gasteiger partial charge < -0.3 is 26.2 Å². The second-order valence-corrected chi connectivity index (χ2v) is 12.2. The molecule has 10 heteroatoms. The highest BCUT2D eigenvalue weighted by atomic mass is 16.1. The number of aryl methyl sites for hydroxylation is 1. The molecule has 4 heterocycles. The lowest BCUT2D eigenvalue weighted by Crippen LogP contribution is -2.52. The van der Waals surface area contributed by atoms with Gasteiger partial charge in [0.1, 0.15) is 16.9 Å². The summed E-state index contributed by atoms with van der Waals surface area (Å²) in [4.78, 5) is 34.2. The van der Waals surface area contributed by atoms with Gasteiger partial charge in [0.25, 0.3) is 0 Å². The normalized spacial score (nSPS) is 22.1. The van der Waals surface area contributed by atoms with Crippen molar-refractivity contribution in [3.63, 3.8) is 0 Å². The number of benzene rings is 1. The number of likely N-dealkylation sites (N-methyl/N-ethyl adjacent to an activating group) is 1. The molecular weight excluding hydrogens is 538 g/mol. The number of nitrogens with two attached hydrogens (primary N) is 1. The molecule has 0 radical (unpaired) electrons. The SMILES string of the molecule is C=CC(=O)NC1CCCC1Nc1nc2c(-c3ccc(N4CCC(N5CCN(C)CC5)CC4)cc3)cnc(N)c2nc1CC. The lowest BCUT2D eigenvalue weighted by molar-refractivity contribution is -0.117. The summed E-state index contributed by atoms with van der Waals surface area (Å²) in [6, 6.07) is 9.54. The zero-order valence-electron chi connectivity index (χ0n) is 25.6. The number of anilines is 3. The molecule has 2 aromatic heterocycles. The van der Waals surface area contributed by atoms with E-state index in [0.717, 1.165) is 60.5 Å². The number of nitrogens with zero attached hydrogens (tertiary/aromatic N) is 6. The summed E-state index contributed by atoms with van der Waals surface area (Å²) in [6.45, 7) is 12.5. The van der Waals surface area contributed by atoms with E-state index in [1.807, 2.05) is 0 Å². The van der Waals surface area contributed by atoms with E-state index in [0.29, 0.717) is 23.8 Å². The number of piperidine rings is 1. The third-order valence-corrected chi connectivity index (χ3v) is 9.55. The first kappa shape index (κ1) is 29.3. The highest BCUT2D eigenvalue weighted by Gasteiger charge is 2.30. The van der Waals surface area contributed by atoms with Gasteiger partial charge in [-0.1, -0.05) is 25.6 Å². The number of aromatic nitrogens is 3. The average Bonchev–Trinajstić information content (AvgIpc) is 3.47. The van der Waals surface area contributed by atoms with Crippen LogP contribution in [-0.4, -0.2) is 95.1 Å². The summed E-state index contributed by atoms with van der Waals surface area (Å²) in [5.41, 5.74) is 11.7. The first-order valence-corrected chi connectivity index (χ1v) is 15.9. The summed E-state index contributed by atoms with van der Waals surface area (Å²) in [6.07, 6.45) is 9.15. The van der Waals surface area contributed by atoms with Gasteiger partial charge in [-0.2, -0.15) is 0 Å². The Kier molecular flexibility index (Phi) is 8.76. The number of hydrogen-bond acceptors (Lipinski definition) is 9. The van der Waals surface area contributed by atoms with Crippen molar-refractivity contribution in [3.8, 4) is 11.1 Å². The Morgan fingerprint density at radius 2 is 1.72 bits per heavy atom. The molecule has 10 nitrogen and oxygen atoms in total. The van der Waals surface area contributed by atoms with Gasteiger partial charge in [-0.15, -0.1) is 0 Å². The Hall–Kier alpha value is -3.76. The minimum atomic E-state index is -0.150. The molecule has 2 atom stereocenters. The second kappa shape index (κ2) is 12.9. The zero-order valence-corrected chi connectivity index (χ0v) is 25.6. The van der Waals surface area contributed by atoms with Crippen LogP contribution in [0.15, 0.2) is 43.1 Å². The Balaban J connectivity index is 1.21. The maximum absolute atomic E-state index is 12.0. The lowest BCUT2D eigenvalue weighted by Gasteiger charge is -2.42. The van der Waals surface area contributed by atoms with E-state index in [1.54, 1.807) is 6.20 Å². The van der Waals surface area contributed by atoms with E-state index in [2.05, 4.69) is 75.1 Å². The van der Waals surface area contributed by atoms with Gasteiger partial charge in [0.05, 0.1) is 5.69 Å². The summed E-state index contributed by atoms with van der Waals surface area (Å²) in [7, 11) is 2.22. The zero-order chi connectivity index (χ0) is 29.9. The van der Waals surface area contributed by atoms with Crippen molar-refractivity contribution in [2.45, 2.75) is 63.6 Å². The minimum Gasteiger partial charge on any atom is -0.382 e. The van der Waals surface area contributed by atoms with Crippen LogP contribution in [0.3, 0.4) is 0 Å². The molecule has 228 valence electrons. The van der Waals surface area contributed by atoms with Gasteiger partial charge in [0.2, 0.25) is 5.91 Å². The van der Waals surface area contributed by atoms with Crippen molar-refractivity contribution < 1.29 is 4.79 Å². The lowest BCUT2D eigenvalue weighted by atomic mass is 10.0. The van der Waals surface area contributed by atoms with Crippen LogP contribution >= 0.6 is 0 Å². The Morgan fingerprint density at radius 3 is 2.42 bits per heavy atom. The van der Waals surface area contributed by atoms with Gasteiger partial charge >= 0.3 is 0 Å². The number of fused-ring (bicyclic) bond motifs is 1. The smallest absolute Gasteiger partial charge is 0.243 e. The molecule has 2 unspecified atom stereocenters. The molecule has 3 aromatic rings. The molecule has 3 fully saturated rings. The van der Waals surface area contributed by atoms with Crippen LogP contribution in [0.1, 0.15) is 44.7 Å². The Labute approximate surface area is 254 Å². The van der Waals surface area contributed by atoms with Crippen LogP contribution < -0.4 is 21.3 Å². The van der Waals surface area contributed by atoms with E-state index in [4.69, 9.17) is 15.7 Å². The molecule has 1 amide bonds. The van der Waals surface area contributed by atoms with Gasteiger partial charge in [0.15, 0.2) is 5.82 Å². The molecular formula is C33H45N9O. The number of carbonyl (C=O) groups excluding carboxylic acids is 1. The van der Waals surface area contributed by atoms with Crippen molar-refractivity contribution in [2.75, 3.05) is 62.3 Å². The second-order valence-electron chi connectivity index (χ2n) is 12.2. The Bertz CT molecular complexity index is 1440. The number of nitrogen functional groups attached to an aromatic ring is 1. The number of pyridine rings is 1. The van der Waals surface area contributed by atoms with Crippen molar-refractivity contribution in [3.05, 3.63) is 48.8 Å². The maximum Gasteiger partial charge on any atom is 0.243 e. The summed E-state index contributed by atoms with van der Waals surface area (Å²) in [5, 5.41) is 6.68. The van der Waals surface area contributed by atoms with Crippen LogP contribution in [0.2, 0.25) is 0 Å². The molecule has 6 rings (SSSR count). The van der Waals surface area contributed by atoms with Gasteiger partial charge in [-0.05, 0) is 69.3 Å². The third-order valence-electron chi connectivity index (χ3n) is 9.55. The summed E-state index contributed by atoms with van der Waals surface area (Å²) in [5.74, 6) is 0.971. The van der Waals surface area contributed by atoms with E-state index >= 15 is 0 Å². The highest BCUT2D eigenvalue weighted by molar-refractivity contribution is 5.97. The number of piperazine rings is 1. The molecule has 1 aromatic carbocycles. The fraction of sp³-hybridized carbons (Fsp3) is 0.515. The van der Waals surface area contributed by atoms with E-state index in [-0.39, 0.29) is 18.0 Å². The van der Waals surface area contributed by atoms with Gasteiger partial charge in [-0.25, -0.2) is 15.0 Å². The van der Waals surface area contributed by atoms with Crippen LogP contribution in [0.25, 0.3) is 22.2 Å². The van der Waals surface area contributed by atoms with Crippen LogP contribution in [0.5, 0.6) is 0 Å². The largest absolute Gasteiger partial charge is 0.382 e. The fourth-order valence-electron chi connectivity index (χ4n) is 6.92. The quantitative estimate of drug-likeness (QED) is 0.342. The molecule has 4 N–H and O–H groups in total. The Morgan fingerprint density at radius 1 is 1.00 bits per heavy atom. The highest BCUT2D eigenvalue weighted by Crippen LogP contribution is 2.33. The molecule has 2 aliphatic heterocycles. The maximum atomic E-state index is 12.0. The molecule has 43 heavy (non-hydrogen) atoms. The fourth-order valence-corrected chi connectivity index (χ4v) is 6.92. The van der Waals surface area contributed by atoms with Crippen LogP contribution in [-0.2, 0) is 11.2 Å². The summed E-state index contributed by atoms with van der Waals surface area (Å²) < 4.78 is 0. The number of carbonyl (C=O) groups is 1. The van der Waals surface area contributed by atoms with Crippen molar-refractivity contribution in [2.24, 2.45) is 0 Å². The summed E-state index contributed by atoms with van der Waals surface area (Å²) >= 11 is 0. The number of nitrogens with one attached hydrogen (secondary N) is 2. The molecule has 1 aliphatic carbocycles. The topological polar surface area (TPSA) is 116 Å². The first-order valence-electron chi connectivity index (χ1n) is 15.9. The van der Waals surface area contributed by atoms with Crippen LogP contribution in [0.4, 0.5) is 17.3 Å². The minimum absolute atomic E-state index is 0.0221. The average molecular weight is 584 g/mol. The van der Waals surface area contributed by atoms with Crippen molar-refractivity contribution in [1.82, 2.24) is 30.1 Å². The van der Waals surface area contributed by atoms with Crippen molar-refractivity contribution >= 4 is 34.3 Å².